The van der Waals surface area contributed by atoms with E-state index in [1.807, 2.05) is 38.1 Å². The lowest BCUT2D eigenvalue weighted by Gasteiger charge is -2.23. The molecular weight excluding hydrogens is 398 g/mol. The predicted molar refractivity (Wildman–Crippen MR) is 117 cm³/mol. The van der Waals surface area contributed by atoms with Gasteiger partial charge >= 0.3 is 6.03 Å². The molecule has 1 aliphatic rings. The van der Waals surface area contributed by atoms with E-state index in [1.165, 1.54) is 7.11 Å². The third-order valence-corrected chi connectivity index (χ3v) is 5.44. The first-order valence-corrected chi connectivity index (χ1v) is 10.1. The number of imide groups is 1. The van der Waals surface area contributed by atoms with Gasteiger partial charge in [0.1, 0.15) is 29.0 Å². The number of ether oxygens (including phenoxy) is 1. The molecule has 4 amide bonds. The molecule has 31 heavy (non-hydrogen) atoms. The minimum atomic E-state index is -1.00. The molecule has 3 aromatic rings. The fourth-order valence-corrected chi connectivity index (χ4v) is 4.20. The molecule has 0 radical (unpaired) electrons. The molecule has 4 rings (SSSR count). The van der Waals surface area contributed by atoms with Crippen LogP contribution in [0.15, 0.2) is 40.8 Å². The summed E-state index contributed by atoms with van der Waals surface area (Å²) >= 11 is 0. The van der Waals surface area contributed by atoms with Crippen molar-refractivity contribution >= 4 is 45.5 Å². The number of carbonyl (C=O) groups excluding carboxylic acids is 3. The highest BCUT2D eigenvalue weighted by atomic mass is 16.5. The summed E-state index contributed by atoms with van der Waals surface area (Å²) in [5.74, 6) is -0.246. The number of amides is 4. The second-order valence-corrected chi connectivity index (χ2v) is 8.45. The Labute approximate surface area is 179 Å². The number of nitrogens with one attached hydrogen (secondary N) is 2. The first-order chi connectivity index (χ1) is 14.7. The van der Waals surface area contributed by atoms with Crippen LogP contribution in [0.4, 0.5) is 10.5 Å². The summed E-state index contributed by atoms with van der Waals surface area (Å²) < 4.78 is 11.3. The lowest BCUT2D eigenvalue weighted by atomic mass is 9.91. The number of para-hydroxylation sites is 1. The minimum absolute atomic E-state index is 0.211. The van der Waals surface area contributed by atoms with Crippen molar-refractivity contribution in [1.29, 1.82) is 0 Å². The Hall–Kier alpha value is -3.55. The average Bonchev–Trinajstić information content (AvgIpc) is 3.16. The first kappa shape index (κ1) is 20.7. The highest BCUT2D eigenvalue weighted by Gasteiger charge is 2.48. The topological polar surface area (TPSA) is 101 Å². The van der Waals surface area contributed by atoms with E-state index in [1.54, 1.807) is 19.1 Å². The monoisotopic (exact) mass is 423 g/mol. The number of carbonyl (C=O) groups is 3. The molecule has 8 nitrogen and oxygen atoms in total. The zero-order chi connectivity index (χ0) is 22.3. The quantitative estimate of drug-likeness (QED) is 0.586. The summed E-state index contributed by atoms with van der Waals surface area (Å²) in [4.78, 5) is 38.8. The predicted octanol–water partition coefficient (Wildman–Crippen LogP) is 3.89. The van der Waals surface area contributed by atoms with Gasteiger partial charge in [-0.2, -0.15) is 0 Å². The van der Waals surface area contributed by atoms with Crippen LogP contribution in [0, 0.1) is 5.92 Å². The van der Waals surface area contributed by atoms with Crippen molar-refractivity contribution in [3.63, 3.8) is 0 Å². The van der Waals surface area contributed by atoms with E-state index in [9.17, 15) is 14.4 Å². The lowest BCUT2D eigenvalue weighted by Crippen LogP contribution is -2.45. The molecule has 0 unspecified atom stereocenters. The minimum Gasteiger partial charge on any atom is -0.495 e. The summed E-state index contributed by atoms with van der Waals surface area (Å²) in [5, 5.41) is 7.25. The highest BCUT2D eigenvalue weighted by Crippen LogP contribution is 2.36. The van der Waals surface area contributed by atoms with E-state index in [0.717, 1.165) is 21.3 Å². The van der Waals surface area contributed by atoms with Crippen LogP contribution < -0.4 is 15.4 Å². The second-order valence-electron chi connectivity index (χ2n) is 8.45. The summed E-state index contributed by atoms with van der Waals surface area (Å²) in [7, 11) is 1.51. The maximum atomic E-state index is 12.8. The standard InChI is InChI=1S/C23H25N3O5/c1-13(2)11-23(3)21(28)26(22(29)25-23)12-20(27)24-16-10-18-15(9-19(16)30-4)14-7-5-6-8-17(14)31-18/h5-10,13H,11-12H2,1-4H3,(H,24,27)(H,25,29)/t23-/m0/s1. The Morgan fingerprint density at radius 1 is 1.19 bits per heavy atom. The number of rotatable bonds is 6. The van der Waals surface area contributed by atoms with Crippen LogP contribution in [0.1, 0.15) is 27.2 Å². The molecule has 2 aromatic carbocycles. The molecule has 2 heterocycles. The maximum Gasteiger partial charge on any atom is 0.325 e. The molecule has 1 saturated heterocycles. The zero-order valence-electron chi connectivity index (χ0n) is 17.9. The molecule has 1 aliphatic heterocycles. The van der Waals surface area contributed by atoms with Gasteiger partial charge < -0.3 is 19.8 Å². The van der Waals surface area contributed by atoms with Gasteiger partial charge in [-0.25, -0.2) is 4.79 Å². The molecule has 0 spiro atoms. The van der Waals surface area contributed by atoms with Gasteiger partial charge in [0.05, 0.1) is 12.8 Å². The molecular formula is C23H25N3O5. The molecule has 1 atom stereocenters. The fourth-order valence-electron chi connectivity index (χ4n) is 4.20. The van der Waals surface area contributed by atoms with Gasteiger partial charge in [0.2, 0.25) is 5.91 Å². The Bertz CT molecular complexity index is 1200. The Balaban J connectivity index is 1.56. The number of hydrogen-bond donors (Lipinski definition) is 2. The summed E-state index contributed by atoms with van der Waals surface area (Å²) in [6.45, 7) is 5.24. The Kier molecular flexibility index (Phi) is 5.08. The molecule has 1 aromatic heterocycles. The zero-order valence-corrected chi connectivity index (χ0v) is 17.9. The Morgan fingerprint density at radius 2 is 1.94 bits per heavy atom. The van der Waals surface area contributed by atoms with Crippen molar-refractivity contribution in [1.82, 2.24) is 10.2 Å². The third kappa shape index (κ3) is 3.69. The number of nitrogens with zero attached hydrogens (tertiary/aromatic N) is 1. The number of urea groups is 1. The van der Waals surface area contributed by atoms with Crippen molar-refractivity contribution in [2.24, 2.45) is 5.92 Å². The van der Waals surface area contributed by atoms with E-state index in [0.29, 0.717) is 23.4 Å². The fraction of sp³-hybridized carbons (Fsp3) is 0.348. The van der Waals surface area contributed by atoms with Crippen molar-refractivity contribution in [3.8, 4) is 5.75 Å². The van der Waals surface area contributed by atoms with Crippen LogP contribution in [0.5, 0.6) is 5.75 Å². The normalized spacial score (nSPS) is 18.8. The number of methoxy groups -OCH3 is 1. The highest BCUT2D eigenvalue weighted by molar-refractivity contribution is 6.11. The van der Waals surface area contributed by atoms with Crippen molar-refractivity contribution < 1.29 is 23.5 Å². The number of benzene rings is 2. The smallest absolute Gasteiger partial charge is 0.325 e. The number of furan rings is 1. The maximum absolute atomic E-state index is 12.8. The van der Waals surface area contributed by atoms with Crippen molar-refractivity contribution in [2.45, 2.75) is 32.7 Å². The number of anilines is 1. The van der Waals surface area contributed by atoms with Crippen LogP contribution >= 0.6 is 0 Å². The lowest BCUT2D eigenvalue weighted by molar-refractivity contribution is -0.133. The van der Waals surface area contributed by atoms with E-state index in [2.05, 4.69) is 10.6 Å². The van der Waals surface area contributed by atoms with Crippen LogP contribution in [-0.2, 0) is 9.59 Å². The van der Waals surface area contributed by atoms with Gasteiger partial charge in [-0.05, 0) is 31.4 Å². The van der Waals surface area contributed by atoms with Crippen LogP contribution in [0.2, 0.25) is 0 Å². The van der Waals surface area contributed by atoms with Gasteiger partial charge in [0, 0.05) is 16.8 Å². The molecule has 162 valence electrons. The van der Waals surface area contributed by atoms with E-state index >= 15 is 0 Å². The molecule has 0 saturated carbocycles. The van der Waals surface area contributed by atoms with E-state index < -0.39 is 23.4 Å². The van der Waals surface area contributed by atoms with Gasteiger partial charge in [-0.3, -0.25) is 14.5 Å². The van der Waals surface area contributed by atoms with E-state index in [-0.39, 0.29) is 12.5 Å². The summed E-state index contributed by atoms with van der Waals surface area (Å²) in [5.41, 5.74) is 0.718. The third-order valence-electron chi connectivity index (χ3n) is 5.44. The van der Waals surface area contributed by atoms with Gasteiger partial charge in [-0.15, -0.1) is 0 Å². The van der Waals surface area contributed by atoms with Crippen molar-refractivity contribution in [2.75, 3.05) is 19.0 Å². The second kappa shape index (κ2) is 7.61. The molecule has 0 bridgehead atoms. The molecule has 8 heteroatoms. The number of fused-ring (bicyclic) bond motifs is 3. The molecule has 2 N–H and O–H groups in total. The first-order valence-electron chi connectivity index (χ1n) is 10.1. The van der Waals surface area contributed by atoms with Gasteiger partial charge in [0.25, 0.3) is 5.91 Å². The van der Waals surface area contributed by atoms with Crippen molar-refractivity contribution in [3.05, 3.63) is 36.4 Å². The molecule has 1 fully saturated rings. The van der Waals surface area contributed by atoms with Crippen LogP contribution in [0.3, 0.4) is 0 Å². The summed E-state index contributed by atoms with van der Waals surface area (Å²) in [6, 6.07) is 10.5. The SMILES string of the molecule is COc1cc2c(cc1NC(=O)CN1C(=O)N[C@@](C)(CC(C)C)C1=O)oc1ccccc12. The van der Waals surface area contributed by atoms with Crippen LogP contribution in [-0.4, -0.2) is 41.9 Å². The molecule has 0 aliphatic carbocycles. The number of hydrogen-bond acceptors (Lipinski definition) is 5. The Morgan fingerprint density at radius 3 is 2.65 bits per heavy atom. The van der Waals surface area contributed by atoms with Crippen LogP contribution in [0.25, 0.3) is 21.9 Å². The average molecular weight is 423 g/mol. The van der Waals surface area contributed by atoms with E-state index in [4.69, 9.17) is 9.15 Å². The summed E-state index contributed by atoms with van der Waals surface area (Å²) in [6.07, 6.45) is 0.492. The largest absolute Gasteiger partial charge is 0.495 e. The van der Waals surface area contributed by atoms with Gasteiger partial charge in [-0.1, -0.05) is 32.0 Å². The van der Waals surface area contributed by atoms with Gasteiger partial charge in [0.15, 0.2) is 0 Å².